The molecule has 0 fully saturated rings. The zero-order chi connectivity index (χ0) is 13.4. The SMILES string of the molecule is O=C1c2ccccc2C(=O)C(O)C(O)C(O)C1O. The molecular formula is C12H12O6. The number of carbonyl (C=O) groups is 2. The minimum atomic E-state index is -1.91. The fourth-order valence-electron chi connectivity index (χ4n) is 1.92. The zero-order valence-electron chi connectivity index (χ0n) is 9.22. The molecule has 1 aliphatic rings. The third-order valence-corrected chi connectivity index (χ3v) is 2.99. The molecule has 0 spiro atoms. The molecular weight excluding hydrogens is 240 g/mol. The molecule has 1 aromatic rings. The molecule has 0 bridgehead atoms. The van der Waals surface area contributed by atoms with Crippen LogP contribution in [0.15, 0.2) is 24.3 Å². The summed E-state index contributed by atoms with van der Waals surface area (Å²) in [6, 6.07) is 5.62. The van der Waals surface area contributed by atoms with Crippen LogP contribution in [0.5, 0.6) is 0 Å². The van der Waals surface area contributed by atoms with E-state index in [1.807, 2.05) is 0 Å². The first-order valence-corrected chi connectivity index (χ1v) is 5.35. The highest BCUT2D eigenvalue weighted by atomic mass is 16.4. The molecule has 0 aromatic heterocycles. The monoisotopic (exact) mass is 252 g/mol. The van der Waals surface area contributed by atoms with Crippen LogP contribution in [0.2, 0.25) is 0 Å². The fourth-order valence-corrected chi connectivity index (χ4v) is 1.92. The summed E-state index contributed by atoms with van der Waals surface area (Å²) in [4.78, 5) is 23.7. The Labute approximate surface area is 102 Å². The topological polar surface area (TPSA) is 115 Å². The quantitative estimate of drug-likeness (QED) is 0.447. The van der Waals surface area contributed by atoms with E-state index in [0.29, 0.717) is 0 Å². The van der Waals surface area contributed by atoms with E-state index >= 15 is 0 Å². The van der Waals surface area contributed by atoms with Crippen molar-refractivity contribution in [3.63, 3.8) is 0 Å². The Morgan fingerprint density at radius 2 is 1.06 bits per heavy atom. The van der Waals surface area contributed by atoms with Gasteiger partial charge in [0.15, 0.2) is 11.6 Å². The molecule has 6 heteroatoms. The Hall–Kier alpha value is -1.60. The second-order valence-corrected chi connectivity index (χ2v) is 4.14. The highest BCUT2D eigenvalue weighted by molar-refractivity contribution is 6.12. The molecule has 0 saturated heterocycles. The second-order valence-electron chi connectivity index (χ2n) is 4.14. The molecule has 0 heterocycles. The third kappa shape index (κ3) is 1.85. The van der Waals surface area contributed by atoms with Crippen molar-refractivity contribution >= 4 is 11.6 Å². The van der Waals surface area contributed by atoms with Gasteiger partial charge in [0, 0.05) is 11.1 Å². The molecule has 2 rings (SSSR count). The van der Waals surface area contributed by atoms with Gasteiger partial charge in [0.1, 0.15) is 24.4 Å². The summed E-state index contributed by atoms with van der Waals surface area (Å²) in [7, 11) is 0. The van der Waals surface area contributed by atoms with E-state index < -0.39 is 36.0 Å². The Bertz CT molecular complexity index is 452. The Kier molecular flexibility index (Phi) is 3.27. The molecule has 0 radical (unpaired) electrons. The van der Waals surface area contributed by atoms with Gasteiger partial charge in [0.2, 0.25) is 0 Å². The van der Waals surface area contributed by atoms with Gasteiger partial charge in [0.25, 0.3) is 0 Å². The van der Waals surface area contributed by atoms with Crippen LogP contribution >= 0.6 is 0 Å². The fraction of sp³-hybridized carbons (Fsp3) is 0.333. The Morgan fingerprint density at radius 3 is 1.39 bits per heavy atom. The van der Waals surface area contributed by atoms with Crippen molar-refractivity contribution in [1.82, 2.24) is 0 Å². The van der Waals surface area contributed by atoms with Crippen LogP contribution in [0.1, 0.15) is 20.7 Å². The number of fused-ring (bicyclic) bond motifs is 1. The van der Waals surface area contributed by atoms with Gasteiger partial charge in [-0.3, -0.25) is 9.59 Å². The lowest BCUT2D eigenvalue weighted by Gasteiger charge is -2.28. The summed E-state index contributed by atoms with van der Waals surface area (Å²) in [6.07, 6.45) is -7.59. The number of ketones is 2. The van der Waals surface area contributed by atoms with Gasteiger partial charge in [-0.15, -0.1) is 0 Å². The van der Waals surface area contributed by atoms with Crippen LogP contribution < -0.4 is 0 Å². The van der Waals surface area contributed by atoms with Gasteiger partial charge >= 0.3 is 0 Å². The molecule has 18 heavy (non-hydrogen) atoms. The van der Waals surface area contributed by atoms with Gasteiger partial charge in [-0.1, -0.05) is 24.3 Å². The number of Topliss-reactive ketones (excluding diaryl/α,β-unsaturated/α-hetero) is 2. The second kappa shape index (κ2) is 4.58. The molecule has 4 atom stereocenters. The van der Waals surface area contributed by atoms with Crippen LogP contribution in [-0.2, 0) is 0 Å². The highest BCUT2D eigenvalue weighted by Gasteiger charge is 2.41. The first-order chi connectivity index (χ1) is 8.45. The molecule has 4 unspecified atom stereocenters. The van der Waals surface area contributed by atoms with Gasteiger partial charge in [-0.25, -0.2) is 0 Å². The summed E-state index contributed by atoms with van der Waals surface area (Å²) in [5, 5.41) is 38.2. The summed E-state index contributed by atoms with van der Waals surface area (Å²) in [5.41, 5.74) is -0.167. The molecule has 0 amide bonds. The standard InChI is InChI=1S/C12H12O6/c13-7-5-3-1-2-4-6(5)8(14)10(16)12(18)11(17)9(7)15/h1-4,9-12,15-18H. The van der Waals surface area contributed by atoms with E-state index in [0.717, 1.165) is 0 Å². The molecule has 96 valence electrons. The first-order valence-electron chi connectivity index (χ1n) is 5.35. The van der Waals surface area contributed by atoms with E-state index in [4.69, 9.17) is 0 Å². The lowest BCUT2D eigenvalue weighted by Crippen LogP contribution is -2.52. The van der Waals surface area contributed by atoms with Crippen LogP contribution in [0.25, 0.3) is 0 Å². The van der Waals surface area contributed by atoms with E-state index in [1.165, 1.54) is 24.3 Å². The smallest absolute Gasteiger partial charge is 0.194 e. The van der Waals surface area contributed by atoms with Crippen molar-refractivity contribution in [2.45, 2.75) is 24.4 Å². The van der Waals surface area contributed by atoms with E-state index in [-0.39, 0.29) is 11.1 Å². The predicted molar refractivity (Wildman–Crippen MR) is 59.1 cm³/mol. The first kappa shape index (κ1) is 12.8. The predicted octanol–water partition coefficient (Wildman–Crippen LogP) is -1.49. The van der Waals surface area contributed by atoms with Gasteiger partial charge < -0.3 is 20.4 Å². The van der Waals surface area contributed by atoms with Crippen LogP contribution in [0, 0.1) is 0 Å². The number of hydrogen-bond acceptors (Lipinski definition) is 6. The average Bonchev–Trinajstić information content (AvgIpc) is 2.41. The van der Waals surface area contributed by atoms with Gasteiger partial charge in [-0.05, 0) is 0 Å². The number of aliphatic hydroxyl groups excluding tert-OH is 4. The van der Waals surface area contributed by atoms with Crippen molar-refractivity contribution < 1.29 is 30.0 Å². The summed E-state index contributed by atoms with van der Waals surface area (Å²) in [6.45, 7) is 0. The number of benzene rings is 1. The van der Waals surface area contributed by atoms with Gasteiger partial charge in [-0.2, -0.15) is 0 Å². The summed E-state index contributed by atoms with van der Waals surface area (Å²) in [5.74, 6) is -1.73. The van der Waals surface area contributed by atoms with E-state index in [2.05, 4.69) is 0 Å². The molecule has 4 N–H and O–H groups in total. The number of carbonyl (C=O) groups excluding carboxylic acids is 2. The molecule has 0 aliphatic heterocycles. The molecule has 0 saturated carbocycles. The minimum absolute atomic E-state index is 0.0833. The van der Waals surface area contributed by atoms with Crippen molar-refractivity contribution in [2.24, 2.45) is 0 Å². The van der Waals surface area contributed by atoms with Crippen molar-refractivity contribution in [2.75, 3.05) is 0 Å². The lowest BCUT2D eigenvalue weighted by atomic mass is 9.86. The number of aliphatic hydroxyl groups is 4. The molecule has 1 aromatic carbocycles. The van der Waals surface area contributed by atoms with Crippen molar-refractivity contribution in [3.05, 3.63) is 35.4 Å². The number of rotatable bonds is 0. The zero-order valence-corrected chi connectivity index (χ0v) is 9.22. The van der Waals surface area contributed by atoms with Crippen molar-refractivity contribution in [3.8, 4) is 0 Å². The maximum Gasteiger partial charge on any atom is 0.194 e. The number of hydrogen-bond donors (Lipinski definition) is 4. The minimum Gasteiger partial charge on any atom is -0.387 e. The highest BCUT2D eigenvalue weighted by Crippen LogP contribution is 2.21. The van der Waals surface area contributed by atoms with E-state index in [1.54, 1.807) is 0 Å². The summed E-state index contributed by atoms with van der Waals surface area (Å²) >= 11 is 0. The average molecular weight is 252 g/mol. The largest absolute Gasteiger partial charge is 0.387 e. The van der Waals surface area contributed by atoms with E-state index in [9.17, 15) is 30.0 Å². The van der Waals surface area contributed by atoms with Crippen LogP contribution in [-0.4, -0.2) is 56.4 Å². The van der Waals surface area contributed by atoms with Gasteiger partial charge in [0.05, 0.1) is 0 Å². The normalized spacial score (nSPS) is 32.7. The third-order valence-electron chi connectivity index (χ3n) is 2.99. The Balaban J connectivity index is 2.60. The molecule has 1 aliphatic carbocycles. The lowest BCUT2D eigenvalue weighted by molar-refractivity contribution is -0.0853. The maximum absolute atomic E-state index is 11.8. The maximum atomic E-state index is 11.8. The van der Waals surface area contributed by atoms with Crippen LogP contribution in [0.4, 0.5) is 0 Å². The molecule has 6 nitrogen and oxygen atoms in total. The van der Waals surface area contributed by atoms with Crippen LogP contribution in [0.3, 0.4) is 0 Å². The summed E-state index contributed by atoms with van der Waals surface area (Å²) < 4.78 is 0. The van der Waals surface area contributed by atoms with Crippen molar-refractivity contribution in [1.29, 1.82) is 0 Å². The Morgan fingerprint density at radius 1 is 0.722 bits per heavy atom.